The van der Waals surface area contributed by atoms with Gasteiger partial charge in [0.1, 0.15) is 5.75 Å². The number of ether oxygens (including phenoxy) is 2. The van der Waals surface area contributed by atoms with E-state index in [1.165, 1.54) is 12.5 Å². The van der Waals surface area contributed by atoms with Gasteiger partial charge >= 0.3 is 12.0 Å². The minimum absolute atomic E-state index is 0.0709. The zero-order valence-electron chi connectivity index (χ0n) is 15.7. The molecular formula is C20H26N2O5. The normalized spacial score (nSPS) is 19.3. The highest BCUT2D eigenvalue weighted by Crippen LogP contribution is 2.23. The second-order valence-corrected chi connectivity index (χ2v) is 6.60. The summed E-state index contributed by atoms with van der Waals surface area (Å²) in [5.41, 5.74) is 0.790. The minimum Gasteiger partial charge on any atom is -0.497 e. The van der Waals surface area contributed by atoms with Gasteiger partial charge in [0.05, 0.1) is 7.11 Å². The molecule has 0 aliphatic heterocycles. The number of carbonyl (C=O) groups excluding carboxylic acids is 3. The van der Waals surface area contributed by atoms with Crippen molar-refractivity contribution in [2.75, 3.05) is 13.7 Å². The first-order valence-corrected chi connectivity index (χ1v) is 9.07. The molecule has 2 N–H and O–H groups in total. The van der Waals surface area contributed by atoms with Gasteiger partial charge in [-0.15, -0.1) is 0 Å². The molecule has 3 amide bonds. The molecule has 0 heterocycles. The Labute approximate surface area is 159 Å². The van der Waals surface area contributed by atoms with Crippen LogP contribution in [0.5, 0.6) is 5.75 Å². The molecule has 7 nitrogen and oxygen atoms in total. The lowest BCUT2D eigenvalue weighted by Crippen LogP contribution is -2.48. The van der Waals surface area contributed by atoms with E-state index in [-0.39, 0.29) is 6.04 Å². The van der Waals surface area contributed by atoms with Crippen LogP contribution in [0.2, 0.25) is 0 Å². The van der Waals surface area contributed by atoms with E-state index in [2.05, 4.69) is 17.6 Å². The first kappa shape index (κ1) is 20.5. The highest BCUT2D eigenvalue weighted by atomic mass is 16.5. The zero-order valence-corrected chi connectivity index (χ0v) is 15.7. The summed E-state index contributed by atoms with van der Waals surface area (Å²) in [5, 5.41) is 4.99. The number of methoxy groups -OCH3 is 1. The molecule has 2 rings (SSSR count). The van der Waals surface area contributed by atoms with Crippen molar-refractivity contribution in [2.24, 2.45) is 5.92 Å². The van der Waals surface area contributed by atoms with Gasteiger partial charge in [0, 0.05) is 12.1 Å². The van der Waals surface area contributed by atoms with Gasteiger partial charge in [-0.05, 0) is 42.5 Å². The Morgan fingerprint density at radius 1 is 1.15 bits per heavy atom. The number of benzene rings is 1. The third-order valence-electron chi connectivity index (χ3n) is 4.55. The van der Waals surface area contributed by atoms with Crippen molar-refractivity contribution in [3.05, 3.63) is 35.9 Å². The summed E-state index contributed by atoms with van der Waals surface area (Å²) in [6.45, 7) is 1.57. The van der Waals surface area contributed by atoms with Crippen LogP contribution >= 0.6 is 0 Å². The van der Waals surface area contributed by atoms with E-state index in [0.29, 0.717) is 11.7 Å². The quantitative estimate of drug-likeness (QED) is 0.590. The van der Waals surface area contributed by atoms with Crippen molar-refractivity contribution in [3.8, 4) is 5.75 Å². The van der Waals surface area contributed by atoms with Crippen molar-refractivity contribution in [1.29, 1.82) is 0 Å². The molecule has 0 aromatic heterocycles. The molecule has 1 aromatic carbocycles. The summed E-state index contributed by atoms with van der Waals surface area (Å²) in [6.07, 6.45) is 7.00. The van der Waals surface area contributed by atoms with Gasteiger partial charge in [-0.1, -0.05) is 31.9 Å². The van der Waals surface area contributed by atoms with E-state index in [4.69, 9.17) is 9.47 Å². The van der Waals surface area contributed by atoms with Gasteiger partial charge in [-0.3, -0.25) is 10.1 Å². The maximum atomic E-state index is 11.9. The number of carbonyl (C=O) groups is 3. The number of amides is 3. The molecule has 1 aliphatic rings. The lowest BCUT2D eigenvalue weighted by molar-refractivity contribution is -0.143. The first-order valence-electron chi connectivity index (χ1n) is 9.07. The van der Waals surface area contributed by atoms with Crippen LogP contribution in [0.4, 0.5) is 4.79 Å². The van der Waals surface area contributed by atoms with E-state index in [1.807, 2.05) is 0 Å². The Hall–Kier alpha value is -2.83. The SMILES string of the molecule is COc1ccc(/C=C/C(=O)OCC(=O)NC(=O)N[C@@H]2CCCC[C@@H]2C)cc1. The molecule has 1 saturated carbocycles. The first-order chi connectivity index (χ1) is 13.0. The highest BCUT2D eigenvalue weighted by Gasteiger charge is 2.23. The molecule has 2 atom stereocenters. The lowest BCUT2D eigenvalue weighted by atomic mass is 9.86. The van der Waals surface area contributed by atoms with E-state index < -0.39 is 24.5 Å². The van der Waals surface area contributed by atoms with E-state index >= 15 is 0 Å². The molecule has 1 aromatic rings. The van der Waals surface area contributed by atoms with Gasteiger partial charge in [-0.2, -0.15) is 0 Å². The van der Waals surface area contributed by atoms with E-state index in [0.717, 1.165) is 24.8 Å². The Morgan fingerprint density at radius 2 is 1.85 bits per heavy atom. The number of urea groups is 1. The van der Waals surface area contributed by atoms with Crippen molar-refractivity contribution in [1.82, 2.24) is 10.6 Å². The molecular weight excluding hydrogens is 348 g/mol. The lowest BCUT2D eigenvalue weighted by Gasteiger charge is -2.29. The van der Waals surface area contributed by atoms with Crippen LogP contribution < -0.4 is 15.4 Å². The van der Waals surface area contributed by atoms with Crippen molar-refractivity contribution >= 4 is 24.0 Å². The van der Waals surface area contributed by atoms with Gasteiger partial charge in [0.2, 0.25) is 0 Å². The fourth-order valence-electron chi connectivity index (χ4n) is 2.96. The molecule has 0 spiro atoms. The summed E-state index contributed by atoms with van der Waals surface area (Å²) >= 11 is 0. The van der Waals surface area contributed by atoms with Gasteiger partial charge in [-0.25, -0.2) is 9.59 Å². The molecule has 0 bridgehead atoms. The second kappa shape index (κ2) is 10.4. The fourth-order valence-corrected chi connectivity index (χ4v) is 2.96. The van der Waals surface area contributed by atoms with Crippen LogP contribution in [0.15, 0.2) is 30.3 Å². The summed E-state index contributed by atoms with van der Waals surface area (Å²) in [4.78, 5) is 35.3. The molecule has 146 valence electrons. The predicted octanol–water partition coefficient (Wildman–Crippen LogP) is 2.66. The number of rotatable bonds is 6. The Balaban J connectivity index is 1.69. The van der Waals surface area contributed by atoms with Crippen LogP contribution in [0.3, 0.4) is 0 Å². The average Bonchev–Trinajstić information content (AvgIpc) is 2.67. The topological polar surface area (TPSA) is 93.7 Å². The molecule has 1 fully saturated rings. The third-order valence-corrected chi connectivity index (χ3v) is 4.55. The van der Waals surface area contributed by atoms with E-state index in [1.54, 1.807) is 37.5 Å². The number of nitrogens with one attached hydrogen (secondary N) is 2. The van der Waals surface area contributed by atoms with Crippen LogP contribution in [0, 0.1) is 5.92 Å². The smallest absolute Gasteiger partial charge is 0.331 e. The molecule has 1 aliphatic carbocycles. The van der Waals surface area contributed by atoms with Crippen LogP contribution in [-0.4, -0.2) is 37.7 Å². The molecule has 7 heteroatoms. The van der Waals surface area contributed by atoms with Crippen molar-refractivity contribution in [3.63, 3.8) is 0 Å². The predicted molar refractivity (Wildman–Crippen MR) is 101 cm³/mol. The van der Waals surface area contributed by atoms with Crippen LogP contribution in [0.1, 0.15) is 38.2 Å². The zero-order chi connectivity index (χ0) is 19.6. The van der Waals surface area contributed by atoms with Crippen molar-refractivity contribution in [2.45, 2.75) is 38.6 Å². The van der Waals surface area contributed by atoms with Crippen LogP contribution in [-0.2, 0) is 14.3 Å². The highest BCUT2D eigenvalue weighted by molar-refractivity contribution is 5.96. The van der Waals surface area contributed by atoms with Gasteiger partial charge < -0.3 is 14.8 Å². The maximum absolute atomic E-state index is 11.9. The average molecular weight is 374 g/mol. The summed E-state index contributed by atoms with van der Waals surface area (Å²) < 4.78 is 9.89. The Morgan fingerprint density at radius 3 is 2.52 bits per heavy atom. The fraction of sp³-hybridized carbons (Fsp3) is 0.450. The molecule has 0 radical (unpaired) electrons. The van der Waals surface area contributed by atoms with E-state index in [9.17, 15) is 14.4 Å². The Bertz CT molecular complexity index is 684. The monoisotopic (exact) mass is 374 g/mol. The number of hydrogen-bond donors (Lipinski definition) is 2. The minimum atomic E-state index is -0.665. The number of hydrogen-bond acceptors (Lipinski definition) is 5. The van der Waals surface area contributed by atoms with Gasteiger partial charge in [0.25, 0.3) is 5.91 Å². The molecule has 27 heavy (non-hydrogen) atoms. The van der Waals surface area contributed by atoms with Gasteiger partial charge in [0.15, 0.2) is 6.61 Å². The second-order valence-electron chi connectivity index (χ2n) is 6.60. The Kier molecular flexibility index (Phi) is 7.85. The summed E-state index contributed by atoms with van der Waals surface area (Å²) in [6, 6.07) is 6.62. The summed E-state index contributed by atoms with van der Waals surface area (Å²) in [5.74, 6) is -0.225. The number of esters is 1. The standard InChI is InChI=1S/C20H26N2O5/c1-14-5-3-4-6-17(14)21-20(25)22-18(23)13-27-19(24)12-9-15-7-10-16(26-2)11-8-15/h7-12,14,17H,3-6,13H2,1-2H3,(H2,21,22,23,25)/b12-9+/t14-,17+/m0/s1. The largest absolute Gasteiger partial charge is 0.497 e. The maximum Gasteiger partial charge on any atom is 0.331 e. The van der Waals surface area contributed by atoms with Crippen molar-refractivity contribution < 1.29 is 23.9 Å². The summed E-state index contributed by atoms with van der Waals surface area (Å²) in [7, 11) is 1.57. The third kappa shape index (κ3) is 7.13. The molecule has 0 unspecified atom stereocenters. The molecule has 0 saturated heterocycles. The van der Waals surface area contributed by atoms with Crippen LogP contribution in [0.25, 0.3) is 6.08 Å². The number of imide groups is 1.